The van der Waals surface area contributed by atoms with Crippen molar-refractivity contribution >= 4 is 11.5 Å². The molecule has 98 valence electrons. The molecule has 0 aliphatic heterocycles. The molecule has 1 unspecified atom stereocenters. The first-order chi connectivity index (χ1) is 8.48. The maximum atomic E-state index is 13.2. The monoisotopic (exact) mass is 254 g/mol. The molecule has 0 amide bonds. The van der Waals surface area contributed by atoms with Crippen LogP contribution in [-0.4, -0.2) is 16.7 Å². The number of pyridine rings is 1. The van der Waals surface area contributed by atoms with E-state index in [1.807, 2.05) is 0 Å². The summed E-state index contributed by atoms with van der Waals surface area (Å²) in [5.74, 6) is -3.40. The number of anilines is 1. The van der Waals surface area contributed by atoms with Gasteiger partial charge in [-0.25, -0.2) is 8.78 Å². The Hall–Kier alpha value is -1.52. The third kappa shape index (κ3) is 3.03. The van der Waals surface area contributed by atoms with Gasteiger partial charge in [-0.3, -0.25) is 9.78 Å². The van der Waals surface area contributed by atoms with Crippen LogP contribution in [0.5, 0.6) is 0 Å². The molecule has 18 heavy (non-hydrogen) atoms. The lowest BCUT2D eigenvalue weighted by atomic mass is 9.82. The van der Waals surface area contributed by atoms with Crippen LogP contribution in [0, 0.1) is 5.92 Å². The third-order valence-electron chi connectivity index (χ3n) is 3.40. The van der Waals surface area contributed by atoms with Crippen LogP contribution < -0.4 is 5.73 Å². The average molecular weight is 254 g/mol. The van der Waals surface area contributed by atoms with Crippen LogP contribution in [0.15, 0.2) is 18.5 Å². The summed E-state index contributed by atoms with van der Waals surface area (Å²) in [7, 11) is 0. The van der Waals surface area contributed by atoms with Crippen LogP contribution >= 0.6 is 0 Å². The van der Waals surface area contributed by atoms with E-state index in [1.165, 1.54) is 12.4 Å². The van der Waals surface area contributed by atoms with E-state index in [9.17, 15) is 13.6 Å². The van der Waals surface area contributed by atoms with Gasteiger partial charge in [-0.1, -0.05) is 0 Å². The molecule has 1 fully saturated rings. The van der Waals surface area contributed by atoms with Crippen molar-refractivity contribution in [2.24, 2.45) is 5.92 Å². The topological polar surface area (TPSA) is 56.0 Å². The largest absolute Gasteiger partial charge is 0.398 e. The minimum absolute atomic E-state index is 0.0976. The third-order valence-corrected chi connectivity index (χ3v) is 3.40. The van der Waals surface area contributed by atoms with E-state index in [-0.39, 0.29) is 25.0 Å². The summed E-state index contributed by atoms with van der Waals surface area (Å²) in [6, 6.07) is 1.61. The number of rotatable bonds is 3. The molecule has 2 rings (SSSR count). The van der Waals surface area contributed by atoms with Gasteiger partial charge >= 0.3 is 0 Å². The van der Waals surface area contributed by atoms with Crippen molar-refractivity contribution in [2.45, 2.75) is 38.0 Å². The highest BCUT2D eigenvalue weighted by atomic mass is 19.3. The van der Waals surface area contributed by atoms with Crippen LogP contribution in [0.2, 0.25) is 0 Å². The molecule has 0 radical (unpaired) electrons. The maximum absolute atomic E-state index is 13.2. The normalized spacial score (nSPS) is 22.7. The molecular weight excluding hydrogens is 238 g/mol. The predicted octanol–water partition coefficient (Wildman–Crippen LogP) is 2.60. The van der Waals surface area contributed by atoms with Crippen LogP contribution in [-0.2, 0) is 11.2 Å². The lowest BCUT2D eigenvalue weighted by Gasteiger charge is -2.27. The number of carbonyl (C=O) groups is 1. The van der Waals surface area contributed by atoms with E-state index in [4.69, 9.17) is 5.73 Å². The molecule has 1 saturated carbocycles. The minimum Gasteiger partial charge on any atom is -0.398 e. The Balaban J connectivity index is 2.02. The maximum Gasteiger partial charge on any atom is 0.248 e. The first-order valence-corrected chi connectivity index (χ1v) is 6.07. The summed E-state index contributed by atoms with van der Waals surface area (Å²) in [4.78, 5) is 15.9. The Morgan fingerprint density at radius 3 is 3.00 bits per heavy atom. The zero-order chi connectivity index (χ0) is 13.2. The first kappa shape index (κ1) is 12.9. The van der Waals surface area contributed by atoms with E-state index >= 15 is 0 Å². The van der Waals surface area contributed by atoms with Gasteiger partial charge in [-0.2, -0.15) is 0 Å². The highest BCUT2D eigenvalue weighted by Gasteiger charge is 2.38. The Morgan fingerprint density at radius 2 is 2.33 bits per heavy atom. The summed E-state index contributed by atoms with van der Waals surface area (Å²) in [6.07, 6.45) is 3.69. The molecule has 1 aromatic heterocycles. The summed E-state index contributed by atoms with van der Waals surface area (Å²) in [6.45, 7) is 0. The number of alkyl halides is 2. The summed E-state index contributed by atoms with van der Waals surface area (Å²) >= 11 is 0. The number of aromatic nitrogens is 1. The molecule has 0 saturated heterocycles. The van der Waals surface area contributed by atoms with Crippen molar-refractivity contribution in [1.82, 2.24) is 4.98 Å². The number of hydrogen-bond acceptors (Lipinski definition) is 3. The second-order valence-electron chi connectivity index (χ2n) is 4.87. The first-order valence-electron chi connectivity index (χ1n) is 6.07. The zero-order valence-electron chi connectivity index (χ0n) is 10.0. The number of nitrogen functional groups attached to an aromatic ring is 1. The van der Waals surface area contributed by atoms with Crippen molar-refractivity contribution in [3.63, 3.8) is 0 Å². The fourth-order valence-corrected chi connectivity index (χ4v) is 2.36. The van der Waals surface area contributed by atoms with Gasteiger partial charge in [0.25, 0.3) is 0 Å². The fourth-order valence-electron chi connectivity index (χ4n) is 2.36. The molecule has 1 atom stereocenters. The molecule has 0 aromatic carbocycles. The van der Waals surface area contributed by atoms with Crippen LogP contribution in [0.3, 0.4) is 0 Å². The molecule has 1 aliphatic rings. The summed E-state index contributed by atoms with van der Waals surface area (Å²) in [5, 5.41) is 0. The number of carbonyl (C=O) groups excluding carboxylic acids is 1. The number of ketones is 1. The molecular formula is C13H16F2N2O. The Kier molecular flexibility index (Phi) is 3.59. The number of nitrogens with two attached hydrogens (primary N) is 1. The van der Waals surface area contributed by atoms with E-state index in [1.54, 1.807) is 6.07 Å². The summed E-state index contributed by atoms with van der Waals surface area (Å²) < 4.78 is 26.5. The van der Waals surface area contributed by atoms with Crippen LogP contribution in [0.4, 0.5) is 14.5 Å². The smallest absolute Gasteiger partial charge is 0.248 e. The van der Waals surface area contributed by atoms with Gasteiger partial charge in [0.1, 0.15) is 5.78 Å². The van der Waals surface area contributed by atoms with Gasteiger partial charge in [0.15, 0.2) is 0 Å². The minimum atomic E-state index is -2.70. The zero-order valence-corrected chi connectivity index (χ0v) is 10.0. The number of hydrogen-bond donors (Lipinski definition) is 1. The van der Waals surface area contributed by atoms with Gasteiger partial charge < -0.3 is 5.73 Å². The van der Waals surface area contributed by atoms with Gasteiger partial charge in [-0.15, -0.1) is 0 Å². The van der Waals surface area contributed by atoms with E-state index in [0.717, 1.165) is 0 Å². The van der Waals surface area contributed by atoms with Gasteiger partial charge in [-0.05, 0) is 18.9 Å². The molecule has 1 heterocycles. The highest BCUT2D eigenvalue weighted by Crippen LogP contribution is 2.37. The van der Waals surface area contributed by atoms with E-state index in [0.29, 0.717) is 24.1 Å². The second-order valence-corrected chi connectivity index (χ2v) is 4.87. The van der Waals surface area contributed by atoms with Crippen LogP contribution in [0.25, 0.3) is 0 Å². The van der Waals surface area contributed by atoms with Gasteiger partial charge in [0, 0.05) is 48.8 Å². The second kappa shape index (κ2) is 5.00. The highest BCUT2D eigenvalue weighted by molar-refractivity contribution is 5.84. The molecule has 3 nitrogen and oxygen atoms in total. The van der Waals surface area contributed by atoms with Gasteiger partial charge in [0.05, 0.1) is 0 Å². The SMILES string of the molecule is Nc1ccncc1CC(=O)C1CCCC(F)(F)C1. The standard InChI is InChI=1S/C13H16F2N2O/c14-13(15)4-1-2-9(7-13)12(18)6-10-8-17-5-3-11(10)16/h3,5,8-9H,1-2,4,6-7H2,(H2,16,17). The number of Topliss-reactive ketones (excluding diaryl/α,β-unsaturated/α-hetero) is 1. The Bertz CT molecular complexity index is 448. The van der Waals surface area contributed by atoms with Crippen molar-refractivity contribution in [3.8, 4) is 0 Å². The molecule has 1 aromatic rings. The van der Waals surface area contributed by atoms with E-state index in [2.05, 4.69) is 4.98 Å². The lowest BCUT2D eigenvalue weighted by molar-refractivity contribution is -0.129. The molecule has 1 aliphatic carbocycles. The summed E-state index contributed by atoms with van der Waals surface area (Å²) in [5.41, 5.74) is 6.82. The Labute approximate surface area is 104 Å². The molecule has 0 bridgehead atoms. The van der Waals surface area contributed by atoms with Crippen molar-refractivity contribution in [3.05, 3.63) is 24.0 Å². The fraction of sp³-hybridized carbons (Fsp3) is 0.538. The molecule has 0 spiro atoms. The van der Waals surface area contributed by atoms with Gasteiger partial charge in [0.2, 0.25) is 5.92 Å². The predicted molar refractivity (Wildman–Crippen MR) is 64.3 cm³/mol. The Morgan fingerprint density at radius 1 is 1.56 bits per heavy atom. The number of nitrogens with zero attached hydrogens (tertiary/aromatic N) is 1. The van der Waals surface area contributed by atoms with Crippen molar-refractivity contribution in [2.75, 3.05) is 5.73 Å². The van der Waals surface area contributed by atoms with Crippen LogP contribution in [0.1, 0.15) is 31.2 Å². The quantitative estimate of drug-likeness (QED) is 0.902. The molecule has 2 N–H and O–H groups in total. The molecule has 5 heteroatoms. The lowest BCUT2D eigenvalue weighted by Crippen LogP contribution is -2.31. The van der Waals surface area contributed by atoms with Crippen molar-refractivity contribution < 1.29 is 13.6 Å². The van der Waals surface area contributed by atoms with Crippen molar-refractivity contribution in [1.29, 1.82) is 0 Å². The van der Waals surface area contributed by atoms with E-state index < -0.39 is 11.8 Å². The average Bonchev–Trinajstić information content (AvgIpc) is 2.31. The number of halogens is 2.